The fraction of sp³-hybridized carbons (Fsp3) is 0.361. The van der Waals surface area contributed by atoms with E-state index >= 15 is 0 Å². The molecule has 1 amide bonds. The van der Waals surface area contributed by atoms with Crippen molar-refractivity contribution in [3.63, 3.8) is 0 Å². The second-order valence-corrected chi connectivity index (χ2v) is 14.4. The quantitative estimate of drug-likeness (QED) is 0.196. The molecule has 0 saturated heterocycles. The lowest BCUT2D eigenvalue weighted by atomic mass is 9.75. The maximum absolute atomic E-state index is 14.2. The molecule has 13 nitrogen and oxygen atoms in total. The minimum atomic E-state index is -3.96. The van der Waals surface area contributed by atoms with Gasteiger partial charge in [-0.25, -0.2) is 28.1 Å². The van der Waals surface area contributed by atoms with Crippen LogP contribution in [0, 0.1) is 0 Å². The second-order valence-electron chi connectivity index (χ2n) is 12.7. The smallest absolute Gasteiger partial charge is 0.291 e. The van der Waals surface area contributed by atoms with Crippen LogP contribution in [0.5, 0.6) is 11.5 Å². The number of aromatic nitrogens is 4. The van der Waals surface area contributed by atoms with Crippen molar-refractivity contribution in [1.29, 1.82) is 0 Å². The number of H-pyrrole nitrogens is 1. The molecule has 7 rings (SSSR count). The molecule has 50 heavy (non-hydrogen) atoms. The van der Waals surface area contributed by atoms with Crippen molar-refractivity contribution < 1.29 is 22.7 Å². The summed E-state index contributed by atoms with van der Waals surface area (Å²) in [5.41, 5.74) is 3.78. The summed E-state index contributed by atoms with van der Waals surface area (Å²) in [6.07, 6.45) is 12.0. The van der Waals surface area contributed by atoms with Gasteiger partial charge in [-0.15, -0.1) is 0 Å². The topological polar surface area (TPSA) is 168 Å². The van der Waals surface area contributed by atoms with Gasteiger partial charge < -0.3 is 24.7 Å². The Morgan fingerprint density at radius 2 is 1.64 bits per heavy atom. The molecule has 260 valence electrons. The largest absolute Gasteiger partial charge is 0.493 e. The molecular formula is C36H39N7O6S. The number of anilines is 3. The van der Waals surface area contributed by atoms with Gasteiger partial charge in [0.2, 0.25) is 11.8 Å². The van der Waals surface area contributed by atoms with Gasteiger partial charge in [0.05, 0.1) is 24.7 Å². The second kappa shape index (κ2) is 13.9. The summed E-state index contributed by atoms with van der Waals surface area (Å²) >= 11 is 0. The highest BCUT2D eigenvalue weighted by molar-refractivity contribution is 7.92. The molecule has 1 atom stereocenters. The third-order valence-electron chi connectivity index (χ3n) is 9.68. The molecule has 2 aromatic carbocycles. The summed E-state index contributed by atoms with van der Waals surface area (Å²) in [5, 5.41) is 2.77. The number of benzene rings is 2. The lowest BCUT2D eigenvalue weighted by Crippen LogP contribution is -2.44. The van der Waals surface area contributed by atoms with Crippen LogP contribution in [-0.4, -0.2) is 54.5 Å². The Morgan fingerprint density at radius 1 is 0.920 bits per heavy atom. The fourth-order valence-electron chi connectivity index (χ4n) is 7.39. The Kier molecular flexibility index (Phi) is 9.27. The van der Waals surface area contributed by atoms with Crippen LogP contribution in [0.15, 0.2) is 81.9 Å². The Labute approximate surface area is 290 Å². The molecule has 0 spiro atoms. The van der Waals surface area contributed by atoms with Crippen molar-refractivity contribution in [2.75, 3.05) is 29.2 Å². The summed E-state index contributed by atoms with van der Waals surface area (Å²) in [5.74, 6) is 0.521. The van der Waals surface area contributed by atoms with Crippen LogP contribution in [0.4, 0.5) is 17.5 Å². The number of amides is 1. The van der Waals surface area contributed by atoms with Crippen molar-refractivity contribution in [2.24, 2.45) is 0 Å². The van der Waals surface area contributed by atoms with Gasteiger partial charge in [-0.05, 0) is 92.1 Å². The zero-order chi connectivity index (χ0) is 34.8. The average molecular weight is 698 g/mol. The van der Waals surface area contributed by atoms with Crippen molar-refractivity contribution in [2.45, 2.75) is 74.6 Å². The highest BCUT2D eigenvalue weighted by atomic mass is 32.2. The van der Waals surface area contributed by atoms with Crippen molar-refractivity contribution in [3.8, 4) is 11.5 Å². The van der Waals surface area contributed by atoms with Crippen LogP contribution in [0.1, 0.15) is 85.5 Å². The molecule has 4 aromatic rings. The van der Waals surface area contributed by atoms with E-state index in [0.717, 1.165) is 56.9 Å². The predicted octanol–water partition coefficient (Wildman–Crippen LogP) is 5.74. The minimum Gasteiger partial charge on any atom is -0.493 e. The normalized spacial score (nSPS) is 17.8. The first-order chi connectivity index (χ1) is 24.3. The first-order valence-corrected chi connectivity index (χ1v) is 18.3. The van der Waals surface area contributed by atoms with Gasteiger partial charge in [0.15, 0.2) is 11.5 Å². The number of aromatic amines is 1. The molecule has 3 heterocycles. The summed E-state index contributed by atoms with van der Waals surface area (Å²) in [6.45, 7) is 0. The molecule has 0 radical (unpaired) electrons. The van der Waals surface area contributed by atoms with E-state index in [1.807, 2.05) is 18.2 Å². The van der Waals surface area contributed by atoms with E-state index in [-0.39, 0.29) is 34.2 Å². The molecular weight excluding hydrogens is 659 g/mol. The van der Waals surface area contributed by atoms with E-state index in [1.54, 1.807) is 20.3 Å². The summed E-state index contributed by atoms with van der Waals surface area (Å²) in [7, 11) is -0.780. The lowest BCUT2D eigenvalue weighted by molar-refractivity contribution is 0.101. The number of carbonyl (C=O) groups is 1. The molecule has 1 aliphatic heterocycles. The fourth-order valence-corrected chi connectivity index (χ4v) is 8.35. The summed E-state index contributed by atoms with van der Waals surface area (Å²) in [6, 6.07) is 13.2. The molecule has 0 bridgehead atoms. The van der Waals surface area contributed by atoms with Gasteiger partial charge in [-0.3, -0.25) is 9.59 Å². The average Bonchev–Trinajstić information content (AvgIpc) is 3.14. The Balaban J connectivity index is 1.25. The molecule has 1 fully saturated rings. The molecule has 1 unspecified atom stereocenters. The van der Waals surface area contributed by atoms with Crippen LogP contribution in [0.3, 0.4) is 0 Å². The van der Waals surface area contributed by atoms with Gasteiger partial charge in [-0.1, -0.05) is 25.3 Å². The minimum absolute atomic E-state index is 0.0378. The molecule has 2 aromatic heterocycles. The van der Waals surface area contributed by atoms with Crippen molar-refractivity contribution in [1.82, 2.24) is 19.9 Å². The number of ether oxygens (including phenoxy) is 2. The van der Waals surface area contributed by atoms with E-state index in [1.165, 1.54) is 54.4 Å². The van der Waals surface area contributed by atoms with Crippen LogP contribution >= 0.6 is 0 Å². The number of sulfonamides is 1. The van der Waals surface area contributed by atoms with Crippen molar-refractivity contribution in [3.05, 3.63) is 99.5 Å². The van der Waals surface area contributed by atoms with E-state index < -0.39 is 15.9 Å². The first-order valence-electron chi connectivity index (χ1n) is 16.9. The number of rotatable bonds is 9. The SMILES string of the molecule is COc1ccc(C2C3=C(CCCC3)N(C3CCCCC3)c3nc(C(=O)Nc4ccc(S(=O)(=O)Nc5ncccn5)cc4)[nH]c(=O)c32)cc1OC. The lowest BCUT2D eigenvalue weighted by Gasteiger charge is -2.45. The number of allylic oxidation sites excluding steroid dienone is 2. The Morgan fingerprint density at radius 3 is 2.36 bits per heavy atom. The predicted molar refractivity (Wildman–Crippen MR) is 188 cm³/mol. The van der Waals surface area contributed by atoms with Crippen LogP contribution in [0.25, 0.3) is 0 Å². The Hall–Kier alpha value is -5.24. The molecule has 1 saturated carbocycles. The van der Waals surface area contributed by atoms with Gasteiger partial charge >= 0.3 is 0 Å². The van der Waals surface area contributed by atoms with Gasteiger partial charge in [-0.2, -0.15) is 0 Å². The van der Waals surface area contributed by atoms with Gasteiger partial charge in [0, 0.05) is 35.7 Å². The molecule has 14 heteroatoms. The molecule has 3 aliphatic rings. The van der Waals surface area contributed by atoms with Gasteiger partial charge in [0.1, 0.15) is 5.82 Å². The zero-order valence-corrected chi connectivity index (χ0v) is 28.8. The van der Waals surface area contributed by atoms with E-state index in [4.69, 9.17) is 14.5 Å². The third kappa shape index (κ3) is 6.42. The first kappa shape index (κ1) is 33.3. The van der Waals surface area contributed by atoms with Crippen LogP contribution in [0.2, 0.25) is 0 Å². The maximum atomic E-state index is 14.2. The summed E-state index contributed by atoms with van der Waals surface area (Å²) < 4.78 is 39.2. The highest BCUT2D eigenvalue weighted by Gasteiger charge is 2.41. The number of hydrogen-bond donors (Lipinski definition) is 3. The number of fused-ring (bicyclic) bond motifs is 1. The number of carbonyl (C=O) groups excluding carboxylic acids is 1. The molecule has 2 aliphatic carbocycles. The number of hydrogen-bond acceptors (Lipinski definition) is 10. The molecule has 3 N–H and O–H groups in total. The highest BCUT2D eigenvalue weighted by Crippen LogP contribution is 2.50. The third-order valence-corrected chi connectivity index (χ3v) is 11.0. The van der Waals surface area contributed by atoms with E-state index in [9.17, 15) is 18.0 Å². The van der Waals surface area contributed by atoms with Gasteiger partial charge in [0.25, 0.3) is 21.5 Å². The van der Waals surface area contributed by atoms with E-state index in [2.05, 4.69) is 29.9 Å². The van der Waals surface area contributed by atoms with Crippen LogP contribution < -0.4 is 30.0 Å². The van der Waals surface area contributed by atoms with Crippen LogP contribution in [-0.2, 0) is 10.0 Å². The number of nitrogens with zero attached hydrogens (tertiary/aromatic N) is 4. The zero-order valence-electron chi connectivity index (χ0n) is 27.9. The van der Waals surface area contributed by atoms with E-state index in [0.29, 0.717) is 28.6 Å². The monoisotopic (exact) mass is 697 g/mol. The number of methoxy groups -OCH3 is 2. The van der Waals surface area contributed by atoms with Crippen molar-refractivity contribution >= 4 is 33.4 Å². The standard InChI is InChI=1S/C36H39N7O6S/c1-48-28-18-13-22(21-29(28)49-2)30-26-11-6-7-12-27(26)43(24-9-4-3-5-10-24)33-31(30)34(44)41-32(40-33)35(45)39-23-14-16-25(17-15-23)50(46,47)42-36-37-19-8-20-38-36/h8,13-21,24,30H,3-7,9-12H2,1-2H3,(H,39,45)(H,37,38,42)(H,40,41,44). The summed E-state index contributed by atoms with van der Waals surface area (Å²) in [4.78, 5) is 45.7. The maximum Gasteiger partial charge on any atom is 0.291 e. The number of nitrogens with one attached hydrogen (secondary N) is 3. The Bertz CT molecular complexity index is 2100.